The quantitative estimate of drug-likeness (QED) is 0.704. The molecule has 0 aromatic heterocycles. The van der Waals surface area contributed by atoms with Crippen LogP contribution in [0, 0.1) is 5.41 Å². The summed E-state index contributed by atoms with van der Waals surface area (Å²) in [5.41, 5.74) is 0. The van der Waals surface area contributed by atoms with Crippen molar-refractivity contribution < 1.29 is 4.79 Å². The number of carbonyl (C=O) groups is 1. The van der Waals surface area contributed by atoms with E-state index in [0.29, 0.717) is 6.42 Å². The lowest BCUT2D eigenvalue weighted by atomic mass is 10.2. The van der Waals surface area contributed by atoms with E-state index in [1.54, 1.807) is 0 Å². The largest absolute Gasteiger partial charge is 0.355 e. The van der Waals surface area contributed by atoms with Gasteiger partial charge in [-0.25, -0.2) is 0 Å². The first-order valence-electron chi connectivity index (χ1n) is 5.34. The monoisotopic (exact) mass is 195 g/mol. The molecule has 1 unspecified atom stereocenters. The van der Waals surface area contributed by atoms with Gasteiger partial charge in [0.1, 0.15) is 0 Å². The van der Waals surface area contributed by atoms with Crippen LogP contribution in [0.4, 0.5) is 0 Å². The minimum atomic E-state index is 0.247. The number of likely N-dealkylation sites (tertiary alicyclic amines) is 2. The maximum Gasteiger partial charge on any atom is 0.224 e. The fraction of sp³-hybridized carbons (Fsp3) is 0.800. The summed E-state index contributed by atoms with van der Waals surface area (Å²) in [5, 5.41) is 7.76. The maximum atomic E-state index is 11.5. The van der Waals surface area contributed by atoms with Gasteiger partial charge in [-0.3, -0.25) is 10.2 Å². The summed E-state index contributed by atoms with van der Waals surface area (Å²) in [5.74, 6) is 0.970. The normalized spacial score (nSPS) is 27.9. The number of rotatable bonds is 2. The zero-order chi connectivity index (χ0) is 10.1. The van der Waals surface area contributed by atoms with Crippen molar-refractivity contribution in [2.75, 3.05) is 19.6 Å². The molecule has 14 heavy (non-hydrogen) atoms. The zero-order valence-electron chi connectivity index (χ0n) is 8.62. The Morgan fingerprint density at radius 1 is 1.57 bits per heavy atom. The molecule has 2 aliphatic rings. The molecule has 0 saturated carbocycles. The minimum absolute atomic E-state index is 0.247. The third-order valence-electron chi connectivity index (χ3n) is 3.18. The summed E-state index contributed by atoms with van der Waals surface area (Å²) in [6.07, 6.45) is 2.57. The molecule has 0 aromatic carbocycles. The smallest absolute Gasteiger partial charge is 0.224 e. The van der Waals surface area contributed by atoms with Crippen molar-refractivity contribution in [1.29, 1.82) is 5.41 Å². The van der Waals surface area contributed by atoms with Gasteiger partial charge in [-0.15, -0.1) is 0 Å². The third-order valence-corrected chi connectivity index (χ3v) is 3.18. The van der Waals surface area contributed by atoms with Gasteiger partial charge in [-0.1, -0.05) is 0 Å². The minimum Gasteiger partial charge on any atom is -0.355 e. The van der Waals surface area contributed by atoms with Crippen LogP contribution < -0.4 is 0 Å². The lowest BCUT2D eigenvalue weighted by molar-refractivity contribution is -0.127. The van der Waals surface area contributed by atoms with Crippen LogP contribution in [0.2, 0.25) is 0 Å². The Morgan fingerprint density at radius 3 is 2.86 bits per heavy atom. The molecule has 1 N–H and O–H groups in total. The number of nitrogens with zero attached hydrogens (tertiary/aromatic N) is 2. The van der Waals surface area contributed by atoms with E-state index in [-0.39, 0.29) is 11.9 Å². The van der Waals surface area contributed by atoms with Gasteiger partial charge >= 0.3 is 0 Å². The van der Waals surface area contributed by atoms with Crippen molar-refractivity contribution in [3.05, 3.63) is 0 Å². The zero-order valence-corrected chi connectivity index (χ0v) is 8.62. The first-order chi connectivity index (χ1) is 6.72. The average Bonchev–Trinajstić information content (AvgIpc) is 2.71. The van der Waals surface area contributed by atoms with E-state index in [1.165, 1.54) is 0 Å². The standard InChI is InChI=1S/C10H17N3O/c1-2-12-7-8(6-10(12)14)13-5-3-4-9(13)11/h8,11H,2-7H2,1H3. The molecule has 2 heterocycles. The van der Waals surface area contributed by atoms with Crippen LogP contribution in [0.1, 0.15) is 26.2 Å². The molecule has 0 aromatic rings. The Hall–Kier alpha value is -1.06. The Bertz CT molecular complexity index is 264. The van der Waals surface area contributed by atoms with Crippen molar-refractivity contribution in [3.8, 4) is 0 Å². The molecule has 0 bridgehead atoms. The number of carbonyl (C=O) groups excluding carboxylic acids is 1. The molecule has 4 heteroatoms. The second-order valence-electron chi connectivity index (χ2n) is 4.03. The highest BCUT2D eigenvalue weighted by Gasteiger charge is 2.35. The number of amides is 1. The van der Waals surface area contributed by atoms with Gasteiger partial charge in [-0.05, 0) is 13.3 Å². The third kappa shape index (κ3) is 1.49. The Morgan fingerprint density at radius 2 is 2.36 bits per heavy atom. The van der Waals surface area contributed by atoms with Crippen LogP contribution in [0.3, 0.4) is 0 Å². The highest BCUT2D eigenvalue weighted by molar-refractivity contribution is 5.84. The van der Waals surface area contributed by atoms with Gasteiger partial charge in [0.15, 0.2) is 0 Å². The summed E-state index contributed by atoms with van der Waals surface area (Å²) in [6.45, 7) is 4.60. The first kappa shape index (κ1) is 9.49. The predicted octanol–water partition coefficient (Wildman–Crippen LogP) is 0.680. The Balaban J connectivity index is 2.00. The van der Waals surface area contributed by atoms with E-state index in [2.05, 4.69) is 4.90 Å². The molecule has 0 aliphatic carbocycles. The van der Waals surface area contributed by atoms with E-state index in [9.17, 15) is 4.79 Å². The lowest BCUT2D eigenvalue weighted by Gasteiger charge is -2.25. The van der Waals surface area contributed by atoms with Crippen LogP contribution >= 0.6 is 0 Å². The van der Waals surface area contributed by atoms with Gasteiger partial charge in [0.2, 0.25) is 5.91 Å². The summed E-state index contributed by atoms with van der Waals surface area (Å²) in [6, 6.07) is 0.275. The molecule has 2 aliphatic heterocycles. The van der Waals surface area contributed by atoms with Crippen molar-refractivity contribution in [2.45, 2.75) is 32.2 Å². The van der Waals surface area contributed by atoms with Crippen molar-refractivity contribution in [3.63, 3.8) is 0 Å². The highest BCUT2D eigenvalue weighted by atomic mass is 16.2. The van der Waals surface area contributed by atoms with Crippen molar-refractivity contribution in [1.82, 2.24) is 9.80 Å². The van der Waals surface area contributed by atoms with Gasteiger partial charge in [0, 0.05) is 32.5 Å². The second-order valence-corrected chi connectivity index (χ2v) is 4.03. The molecule has 0 radical (unpaired) electrons. The van der Waals surface area contributed by atoms with Crippen molar-refractivity contribution in [2.24, 2.45) is 0 Å². The van der Waals surface area contributed by atoms with E-state index < -0.39 is 0 Å². The summed E-state index contributed by atoms with van der Waals surface area (Å²) < 4.78 is 0. The van der Waals surface area contributed by atoms with Gasteiger partial charge < -0.3 is 9.80 Å². The van der Waals surface area contributed by atoms with E-state index in [4.69, 9.17) is 5.41 Å². The van der Waals surface area contributed by atoms with E-state index in [1.807, 2.05) is 11.8 Å². The van der Waals surface area contributed by atoms with Gasteiger partial charge in [0.25, 0.3) is 0 Å². The average molecular weight is 195 g/mol. The molecule has 1 amide bonds. The second kappa shape index (κ2) is 3.59. The highest BCUT2D eigenvalue weighted by Crippen LogP contribution is 2.22. The molecule has 78 valence electrons. The number of amidine groups is 1. The van der Waals surface area contributed by atoms with Crippen LogP contribution in [0.15, 0.2) is 0 Å². The summed E-state index contributed by atoms with van der Waals surface area (Å²) in [7, 11) is 0. The molecule has 4 nitrogen and oxygen atoms in total. The van der Waals surface area contributed by atoms with Gasteiger partial charge in [-0.2, -0.15) is 0 Å². The Kier molecular flexibility index (Phi) is 2.44. The van der Waals surface area contributed by atoms with Gasteiger partial charge in [0.05, 0.1) is 11.9 Å². The number of likely N-dealkylation sites (N-methyl/N-ethyl adjacent to an activating group) is 1. The van der Waals surface area contributed by atoms with Crippen LogP contribution in [0.5, 0.6) is 0 Å². The SMILES string of the molecule is CCN1CC(N2CCCC2=N)CC1=O. The maximum absolute atomic E-state index is 11.5. The van der Waals surface area contributed by atoms with E-state index in [0.717, 1.165) is 38.3 Å². The first-order valence-corrected chi connectivity index (χ1v) is 5.34. The molecular formula is C10H17N3O. The van der Waals surface area contributed by atoms with Crippen molar-refractivity contribution >= 4 is 11.7 Å². The molecule has 2 rings (SSSR count). The Labute approximate surface area is 84.4 Å². The fourth-order valence-electron chi connectivity index (χ4n) is 2.36. The van der Waals surface area contributed by atoms with E-state index >= 15 is 0 Å². The summed E-state index contributed by atoms with van der Waals surface area (Å²) >= 11 is 0. The molecule has 2 saturated heterocycles. The number of nitrogens with one attached hydrogen (secondary N) is 1. The van der Waals surface area contributed by atoms with Crippen LogP contribution in [-0.2, 0) is 4.79 Å². The predicted molar refractivity (Wildman–Crippen MR) is 54.3 cm³/mol. The van der Waals surface area contributed by atoms with Crippen LogP contribution in [-0.4, -0.2) is 47.2 Å². The molecule has 0 spiro atoms. The fourth-order valence-corrected chi connectivity index (χ4v) is 2.36. The molecule has 2 fully saturated rings. The lowest BCUT2D eigenvalue weighted by Crippen LogP contribution is -2.38. The summed E-state index contributed by atoms with van der Waals surface area (Å²) in [4.78, 5) is 15.5. The number of hydrogen-bond acceptors (Lipinski definition) is 2. The molecular weight excluding hydrogens is 178 g/mol. The topological polar surface area (TPSA) is 47.4 Å². The molecule has 1 atom stereocenters. The van der Waals surface area contributed by atoms with Crippen LogP contribution in [0.25, 0.3) is 0 Å². The number of hydrogen-bond donors (Lipinski definition) is 1.